The second kappa shape index (κ2) is 7.06. The van der Waals surface area contributed by atoms with Crippen molar-refractivity contribution in [3.63, 3.8) is 0 Å². The van der Waals surface area contributed by atoms with E-state index >= 15 is 0 Å². The standard InChI is InChI=1S/C21H28N2O4/c1-14(2)9-15-10-19(24)23(12-15)21(7-3-4-8-21)20(25)22-16-5-6-17-18(11-16)27-13-26-17/h5-6,11,14-15H,3-4,7-10,12-13H2,1-2H3,(H,22,25)/t15-/m0/s1. The molecule has 1 N–H and O–H groups in total. The predicted molar refractivity (Wildman–Crippen MR) is 102 cm³/mol. The zero-order valence-electron chi connectivity index (χ0n) is 16.1. The molecule has 1 aromatic rings. The van der Waals surface area contributed by atoms with Gasteiger partial charge in [0.25, 0.3) is 0 Å². The Morgan fingerprint density at radius 2 is 2.00 bits per heavy atom. The number of likely N-dealkylation sites (tertiary alicyclic amines) is 1. The minimum Gasteiger partial charge on any atom is -0.454 e. The van der Waals surface area contributed by atoms with Crippen molar-refractivity contribution in [2.24, 2.45) is 11.8 Å². The predicted octanol–water partition coefficient (Wildman–Crippen LogP) is 3.56. The Hall–Kier alpha value is -2.24. The molecule has 27 heavy (non-hydrogen) atoms. The molecule has 0 bridgehead atoms. The number of ether oxygens (including phenoxy) is 2. The van der Waals surface area contributed by atoms with E-state index in [1.807, 2.05) is 11.0 Å². The average molecular weight is 372 g/mol. The second-order valence-electron chi connectivity index (χ2n) is 8.46. The topological polar surface area (TPSA) is 67.9 Å². The third-order valence-corrected chi connectivity index (χ3v) is 6.01. The molecule has 1 aromatic carbocycles. The summed E-state index contributed by atoms with van der Waals surface area (Å²) in [7, 11) is 0. The summed E-state index contributed by atoms with van der Waals surface area (Å²) in [4.78, 5) is 28.0. The minimum absolute atomic E-state index is 0.0718. The molecule has 3 aliphatic rings. The molecule has 4 rings (SSSR count). The highest BCUT2D eigenvalue weighted by Crippen LogP contribution is 2.41. The van der Waals surface area contributed by atoms with E-state index in [2.05, 4.69) is 19.2 Å². The van der Waals surface area contributed by atoms with Crippen LogP contribution in [0.4, 0.5) is 5.69 Å². The van der Waals surface area contributed by atoms with Crippen LogP contribution in [0.5, 0.6) is 11.5 Å². The van der Waals surface area contributed by atoms with Gasteiger partial charge >= 0.3 is 0 Å². The van der Waals surface area contributed by atoms with Crippen molar-refractivity contribution in [3.8, 4) is 11.5 Å². The van der Waals surface area contributed by atoms with Gasteiger partial charge in [-0.25, -0.2) is 0 Å². The minimum atomic E-state index is -0.709. The van der Waals surface area contributed by atoms with Crippen LogP contribution in [0.15, 0.2) is 18.2 Å². The van der Waals surface area contributed by atoms with Crippen molar-refractivity contribution in [3.05, 3.63) is 18.2 Å². The Labute approximate surface area is 160 Å². The van der Waals surface area contributed by atoms with Gasteiger partial charge in [0, 0.05) is 24.7 Å². The molecule has 6 nitrogen and oxygen atoms in total. The van der Waals surface area contributed by atoms with Crippen LogP contribution in [0.1, 0.15) is 52.4 Å². The Bertz CT molecular complexity index is 740. The summed E-state index contributed by atoms with van der Waals surface area (Å²) >= 11 is 0. The van der Waals surface area contributed by atoms with Gasteiger partial charge in [-0.15, -0.1) is 0 Å². The van der Waals surface area contributed by atoms with E-state index in [0.717, 1.165) is 32.1 Å². The molecule has 2 fully saturated rings. The van der Waals surface area contributed by atoms with E-state index in [-0.39, 0.29) is 18.6 Å². The van der Waals surface area contributed by atoms with Crippen molar-refractivity contribution < 1.29 is 19.1 Å². The van der Waals surface area contributed by atoms with Crippen LogP contribution >= 0.6 is 0 Å². The maximum absolute atomic E-state index is 13.3. The fourth-order valence-corrected chi connectivity index (χ4v) is 4.82. The van der Waals surface area contributed by atoms with Crippen LogP contribution in [0.25, 0.3) is 0 Å². The highest BCUT2D eigenvalue weighted by molar-refractivity contribution is 6.01. The summed E-state index contributed by atoms with van der Waals surface area (Å²) in [6.45, 7) is 5.28. The molecular weight excluding hydrogens is 344 g/mol. The Kier molecular flexibility index (Phi) is 4.74. The fourth-order valence-electron chi connectivity index (χ4n) is 4.82. The van der Waals surface area contributed by atoms with Gasteiger partial charge in [-0.1, -0.05) is 26.7 Å². The van der Waals surface area contributed by atoms with Crippen molar-refractivity contribution in [2.45, 2.75) is 57.9 Å². The molecule has 1 saturated heterocycles. The lowest BCUT2D eigenvalue weighted by Gasteiger charge is -2.37. The summed E-state index contributed by atoms with van der Waals surface area (Å²) in [5.41, 5.74) is -0.0278. The molecular formula is C21H28N2O4. The average Bonchev–Trinajstić information content (AvgIpc) is 3.33. The quantitative estimate of drug-likeness (QED) is 0.858. The number of hydrogen-bond donors (Lipinski definition) is 1. The molecule has 1 saturated carbocycles. The lowest BCUT2D eigenvalue weighted by atomic mass is 9.93. The highest BCUT2D eigenvalue weighted by atomic mass is 16.7. The maximum Gasteiger partial charge on any atom is 0.250 e. The van der Waals surface area contributed by atoms with Gasteiger partial charge in [-0.2, -0.15) is 0 Å². The van der Waals surface area contributed by atoms with Gasteiger partial charge in [-0.3, -0.25) is 9.59 Å². The zero-order valence-corrected chi connectivity index (χ0v) is 16.1. The van der Waals surface area contributed by atoms with Crippen LogP contribution in [0.3, 0.4) is 0 Å². The number of nitrogens with one attached hydrogen (secondary N) is 1. The molecule has 2 heterocycles. The maximum atomic E-state index is 13.3. The Morgan fingerprint density at radius 3 is 2.74 bits per heavy atom. The van der Waals surface area contributed by atoms with Gasteiger partial charge < -0.3 is 19.7 Å². The monoisotopic (exact) mass is 372 g/mol. The van der Waals surface area contributed by atoms with Crippen LogP contribution in [0.2, 0.25) is 0 Å². The van der Waals surface area contributed by atoms with Gasteiger partial charge in [0.05, 0.1) is 0 Å². The van der Waals surface area contributed by atoms with Crippen LogP contribution in [-0.4, -0.2) is 35.6 Å². The van der Waals surface area contributed by atoms with E-state index in [1.54, 1.807) is 12.1 Å². The fraction of sp³-hybridized carbons (Fsp3) is 0.619. The molecule has 1 atom stereocenters. The Morgan fingerprint density at radius 1 is 1.26 bits per heavy atom. The Balaban J connectivity index is 1.53. The van der Waals surface area contributed by atoms with Crippen molar-refractivity contribution in [2.75, 3.05) is 18.7 Å². The summed E-state index contributed by atoms with van der Waals surface area (Å²) in [5.74, 6) is 2.30. The van der Waals surface area contributed by atoms with Crippen molar-refractivity contribution >= 4 is 17.5 Å². The largest absolute Gasteiger partial charge is 0.454 e. The first-order chi connectivity index (χ1) is 13.0. The summed E-state index contributed by atoms with van der Waals surface area (Å²) in [5, 5.41) is 3.04. The number of benzene rings is 1. The summed E-state index contributed by atoms with van der Waals surface area (Å²) in [6, 6.07) is 5.41. The molecule has 2 amide bonds. The molecule has 2 aliphatic heterocycles. The molecule has 0 aromatic heterocycles. The van der Waals surface area contributed by atoms with Crippen molar-refractivity contribution in [1.82, 2.24) is 4.90 Å². The second-order valence-corrected chi connectivity index (χ2v) is 8.46. The first-order valence-electron chi connectivity index (χ1n) is 9.99. The first-order valence-corrected chi connectivity index (χ1v) is 9.99. The zero-order chi connectivity index (χ0) is 19.0. The number of nitrogens with zero attached hydrogens (tertiary/aromatic N) is 1. The van der Waals surface area contributed by atoms with Gasteiger partial charge in [0.1, 0.15) is 5.54 Å². The van der Waals surface area contributed by atoms with Crippen LogP contribution < -0.4 is 14.8 Å². The number of carbonyl (C=O) groups excluding carboxylic acids is 2. The number of rotatable bonds is 5. The molecule has 146 valence electrons. The van der Waals surface area contributed by atoms with Gasteiger partial charge in [-0.05, 0) is 43.2 Å². The third-order valence-electron chi connectivity index (χ3n) is 6.01. The van der Waals surface area contributed by atoms with E-state index in [4.69, 9.17) is 9.47 Å². The number of amides is 2. The number of carbonyl (C=O) groups is 2. The number of anilines is 1. The van der Waals surface area contributed by atoms with Gasteiger partial charge in [0.2, 0.25) is 18.6 Å². The summed E-state index contributed by atoms with van der Waals surface area (Å²) in [6.07, 6.45) is 5.03. The highest BCUT2D eigenvalue weighted by Gasteiger charge is 2.51. The summed E-state index contributed by atoms with van der Waals surface area (Å²) < 4.78 is 10.7. The third kappa shape index (κ3) is 3.37. The van der Waals surface area contributed by atoms with E-state index in [1.165, 1.54) is 0 Å². The normalized spacial score (nSPS) is 23.3. The smallest absolute Gasteiger partial charge is 0.250 e. The van der Waals surface area contributed by atoms with E-state index < -0.39 is 5.54 Å². The van der Waals surface area contributed by atoms with E-state index in [0.29, 0.717) is 42.0 Å². The molecule has 1 aliphatic carbocycles. The van der Waals surface area contributed by atoms with Crippen molar-refractivity contribution in [1.29, 1.82) is 0 Å². The molecule has 0 unspecified atom stereocenters. The lowest BCUT2D eigenvalue weighted by Crippen LogP contribution is -2.55. The molecule has 0 radical (unpaired) electrons. The van der Waals surface area contributed by atoms with Crippen LogP contribution in [-0.2, 0) is 9.59 Å². The number of fused-ring (bicyclic) bond motifs is 1. The van der Waals surface area contributed by atoms with Gasteiger partial charge in [0.15, 0.2) is 11.5 Å². The lowest BCUT2D eigenvalue weighted by molar-refractivity contribution is -0.141. The van der Waals surface area contributed by atoms with Crippen LogP contribution in [0, 0.1) is 11.8 Å². The molecule has 0 spiro atoms. The first kappa shape index (κ1) is 18.1. The molecule has 6 heteroatoms. The SMILES string of the molecule is CC(C)C[C@H]1CC(=O)N(C2(C(=O)Nc3ccc4c(c3)OCO4)CCCC2)C1. The van der Waals surface area contributed by atoms with E-state index in [9.17, 15) is 9.59 Å². The number of hydrogen-bond acceptors (Lipinski definition) is 4.